The van der Waals surface area contributed by atoms with E-state index in [1.165, 1.54) is 10.5 Å². The summed E-state index contributed by atoms with van der Waals surface area (Å²) in [5, 5.41) is 4.12. The number of benzene rings is 2. The number of pyridine rings is 2. The second-order valence-electron chi connectivity index (χ2n) is 10.6. The van der Waals surface area contributed by atoms with Crippen molar-refractivity contribution in [3.63, 3.8) is 0 Å². The summed E-state index contributed by atoms with van der Waals surface area (Å²) in [5.74, 6) is 0.0426. The molecule has 43 heavy (non-hydrogen) atoms. The highest BCUT2D eigenvalue weighted by atomic mass is 16.5. The fourth-order valence-corrected chi connectivity index (χ4v) is 5.51. The highest BCUT2D eigenvalue weighted by Gasteiger charge is 2.26. The zero-order valence-electron chi connectivity index (χ0n) is 24.9. The van der Waals surface area contributed by atoms with Gasteiger partial charge in [0, 0.05) is 55.1 Å². The van der Waals surface area contributed by atoms with Crippen LogP contribution in [0.3, 0.4) is 0 Å². The Morgan fingerprint density at radius 1 is 0.953 bits per heavy atom. The number of aryl methyl sites for hydroxylation is 2. The third kappa shape index (κ3) is 7.09. The number of fused-ring (bicyclic) bond motifs is 1. The van der Waals surface area contributed by atoms with E-state index in [1.54, 1.807) is 38.7 Å². The second-order valence-corrected chi connectivity index (χ2v) is 10.6. The largest absolute Gasteiger partial charge is 0.481 e. The van der Waals surface area contributed by atoms with E-state index in [1.807, 2.05) is 54.7 Å². The van der Waals surface area contributed by atoms with Gasteiger partial charge in [-0.15, -0.1) is 0 Å². The van der Waals surface area contributed by atoms with Crippen LogP contribution in [0.15, 0.2) is 97.5 Å². The topological polar surface area (TPSA) is 89.4 Å². The van der Waals surface area contributed by atoms with Crippen LogP contribution in [0.1, 0.15) is 28.8 Å². The van der Waals surface area contributed by atoms with Crippen LogP contribution in [-0.2, 0) is 35.4 Å². The predicted octanol–water partition coefficient (Wildman–Crippen LogP) is 5.31. The molecule has 0 aliphatic carbocycles. The number of para-hydroxylation sites is 1. The van der Waals surface area contributed by atoms with E-state index < -0.39 is 6.04 Å². The number of carbonyl (C=O) groups is 2. The van der Waals surface area contributed by atoms with Gasteiger partial charge < -0.3 is 19.5 Å². The summed E-state index contributed by atoms with van der Waals surface area (Å²) < 4.78 is 7.45. The van der Waals surface area contributed by atoms with Crippen LogP contribution in [0, 0.1) is 6.92 Å². The van der Waals surface area contributed by atoms with Crippen LogP contribution in [0.4, 0.5) is 5.69 Å². The molecule has 0 bridgehead atoms. The third-order valence-corrected chi connectivity index (χ3v) is 7.83. The molecule has 3 heterocycles. The SMILES string of the molecule is COc1ccc(N(C)C(=O)[C@H](Cc2ccccc2)NC(=O)Cc2c(C)n(CCCc3cccnc3)c3ccccc23)cn1. The summed E-state index contributed by atoms with van der Waals surface area (Å²) in [5.41, 5.74) is 5.94. The first-order valence-electron chi connectivity index (χ1n) is 14.5. The lowest BCUT2D eigenvalue weighted by Crippen LogP contribution is -2.49. The number of likely N-dealkylation sites (N-methyl/N-ethyl adjacent to an activating group) is 1. The smallest absolute Gasteiger partial charge is 0.249 e. The number of carbonyl (C=O) groups excluding carboxylic acids is 2. The predicted molar refractivity (Wildman–Crippen MR) is 169 cm³/mol. The number of nitrogens with zero attached hydrogens (tertiary/aromatic N) is 4. The summed E-state index contributed by atoms with van der Waals surface area (Å²) in [7, 11) is 3.24. The maximum atomic E-state index is 13.8. The van der Waals surface area contributed by atoms with Crippen molar-refractivity contribution in [2.75, 3.05) is 19.1 Å². The van der Waals surface area contributed by atoms with Crippen molar-refractivity contribution < 1.29 is 14.3 Å². The maximum absolute atomic E-state index is 13.8. The van der Waals surface area contributed by atoms with Gasteiger partial charge in [-0.05, 0) is 54.7 Å². The van der Waals surface area contributed by atoms with Crippen molar-refractivity contribution in [1.29, 1.82) is 0 Å². The van der Waals surface area contributed by atoms with Gasteiger partial charge >= 0.3 is 0 Å². The molecular formula is C35H37N5O3. The zero-order chi connectivity index (χ0) is 30.2. The first-order chi connectivity index (χ1) is 20.9. The number of nitrogens with one attached hydrogen (secondary N) is 1. The average molecular weight is 576 g/mol. The average Bonchev–Trinajstić information content (AvgIpc) is 3.31. The van der Waals surface area contributed by atoms with Crippen LogP contribution in [-0.4, -0.2) is 46.5 Å². The van der Waals surface area contributed by atoms with E-state index in [4.69, 9.17) is 4.74 Å². The van der Waals surface area contributed by atoms with Gasteiger partial charge in [-0.25, -0.2) is 4.98 Å². The monoisotopic (exact) mass is 575 g/mol. The molecule has 0 saturated heterocycles. The Kier molecular flexibility index (Phi) is 9.46. The molecule has 0 radical (unpaired) electrons. The van der Waals surface area contributed by atoms with E-state index in [0.29, 0.717) is 18.0 Å². The minimum absolute atomic E-state index is 0.175. The van der Waals surface area contributed by atoms with Crippen LogP contribution in [0.2, 0.25) is 0 Å². The van der Waals surface area contributed by atoms with E-state index in [2.05, 4.69) is 45.0 Å². The Morgan fingerprint density at radius 2 is 1.72 bits per heavy atom. The molecule has 1 atom stereocenters. The van der Waals surface area contributed by atoms with Crippen molar-refractivity contribution in [3.8, 4) is 5.88 Å². The van der Waals surface area contributed by atoms with Crippen molar-refractivity contribution in [2.24, 2.45) is 0 Å². The number of hydrogen-bond acceptors (Lipinski definition) is 5. The quantitative estimate of drug-likeness (QED) is 0.218. The van der Waals surface area contributed by atoms with E-state index >= 15 is 0 Å². The van der Waals surface area contributed by atoms with E-state index in [9.17, 15) is 9.59 Å². The van der Waals surface area contributed by atoms with Gasteiger partial charge in [-0.3, -0.25) is 14.6 Å². The fourth-order valence-electron chi connectivity index (χ4n) is 5.51. The molecule has 8 nitrogen and oxygen atoms in total. The summed E-state index contributed by atoms with van der Waals surface area (Å²) in [6, 6.07) is 24.7. The van der Waals surface area contributed by atoms with Gasteiger partial charge in [0.2, 0.25) is 17.7 Å². The van der Waals surface area contributed by atoms with Gasteiger partial charge in [0.25, 0.3) is 0 Å². The van der Waals surface area contributed by atoms with Gasteiger partial charge in [-0.1, -0.05) is 54.6 Å². The molecule has 0 fully saturated rings. The summed E-state index contributed by atoms with van der Waals surface area (Å²) >= 11 is 0. The number of aromatic nitrogens is 3. The Labute approximate surface area is 252 Å². The van der Waals surface area contributed by atoms with Crippen molar-refractivity contribution in [2.45, 2.75) is 45.2 Å². The van der Waals surface area contributed by atoms with Crippen molar-refractivity contribution >= 4 is 28.4 Å². The molecule has 2 amide bonds. The fraction of sp³-hybridized carbons (Fsp3) is 0.257. The standard InChI is InChI=1S/C35H37N5O3/c1-25-30(29-15-7-8-16-32(29)40(25)20-10-14-27-13-9-19-36-23-27)22-33(41)38-31(21-26-11-5-4-6-12-26)35(42)39(2)28-17-18-34(43-3)37-24-28/h4-9,11-13,15-19,23-24,31H,10,14,20-22H2,1-3H3,(H,38,41)/t31-/m0/s1. The van der Waals surface area contributed by atoms with Crippen molar-refractivity contribution in [1.82, 2.24) is 19.9 Å². The molecule has 0 saturated carbocycles. The normalized spacial score (nSPS) is 11.7. The molecular weight excluding hydrogens is 538 g/mol. The van der Waals surface area contributed by atoms with Crippen LogP contribution in [0.25, 0.3) is 10.9 Å². The lowest BCUT2D eigenvalue weighted by atomic mass is 10.0. The molecule has 1 N–H and O–H groups in total. The Morgan fingerprint density at radius 3 is 2.44 bits per heavy atom. The molecule has 5 aromatic rings. The maximum Gasteiger partial charge on any atom is 0.249 e. The summed E-state index contributed by atoms with van der Waals surface area (Å²) in [6.07, 6.45) is 7.71. The lowest BCUT2D eigenvalue weighted by molar-refractivity contribution is -0.127. The molecule has 0 aliphatic heterocycles. The summed E-state index contributed by atoms with van der Waals surface area (Å²) in [4.78, 5) is 37.4. The first kappa shape index (κ1) is 29.5. The second kappa shape index (κ2) is 13.8. The van der Waals surface area contributed by atoms with Crippen LogP contribution >= 0.6 is 0 Å². The zero-order valence-corrected chi connectivity index (χ0v) is 24.9. The molecule has 0 spiro atoms. The third-order valence-electron chi connectivity index (χ3n) is 7.83. The molecule has 220 valence electrons. The molecule has 2 aromatic carbocycles. The van der Waals surface area contributed by atoms with Gasteiger partial charge in [-0.2, -0.15) is 0 Å². The van der Waals surface area contributed by atoms with E-state index in [-0.39, 0.29) is 18.2 Å². The van der Waals surface area contributed by atoms with Gasteiger partial charge in [0.1, 0.15) is 6.04 Å². The molecule has 8 heteroatoms. The number of amides is 2. The molecule has 5 rings (SSSR count). The molecule has 3 aromatic heterocycles. The highest BCUT2D eigenvalue weighted by molar-refractivity contribution is 5.99. The highest BCUT2D eigenvalue weighted by Crippen LogP contribution is 2.27. The number of hydrogen-bond donors (Lipinski definition) is 1. The van der Waals surface area contributed by atoms with Gasteiger partial charge in [0.05, 0.1) is 25.4 Å². The van der Waals surface area contributed by atoms with Crippen LogP contribution < -0.4 is 15.0 Å². The van der Waals surface area contributed by atoms with Crippen molar-refractivity contribution in [3.05, 3.63) is 120 Å². The Balaban J connectivity index is 1.35. The minimum Gasteiger partial charge on any atom is -0.481 e. The lowest BCUT2D eigenvalue weighted by Gasteiger charge is -2.25. The van der Waals surface area contributed by atoms with Gasteiger partial charge in [0.15, 0.2) is 0 Å². The Bertz CT molecular complexity index is 1670. The molecule has 0 aliphatic rings. The Hall–Kier alpha value is -4.98. The number of rotatable bonds is 12. The number of anilines is 1. The number of ether oxygens (including phenoxy) is 1. The summed E-state index contributed by atoms with van der Waals surface area (Å²) in [6.45, 7) is 2.91. The first-order valence-corrected chi connectivity index (χ1v) is 14.5. The van der Waals surface area contributed by atoms with Crippen LogP contribution in [0.5, 0.6) is 5.88 Å². The minimum atomic E-state index is -0.755. The van der Waals surface area contributed by atoms with E-state index in [0.717, 1.165) is 47.1 Å². The molecule has 0 unspecified atom stereocenters. The number of methoxy groups -OCH3 is 1.